The fourth-order valence-electron chi connectivity index (χ4n) is 1.43. The number of benzene rings is 1. The summed E-state index contributed by atoms with van der Waals surface area (Å²) < 4.78 is 9.89. The Morgan fingerprint density at radius 3 is 2.75 bits per heavy atom. The zero-order valence-electron chi connectivity index (χ0n) is 11.5. The van der Waals surface area contributed by atoms with E-state index in [9.17, 15) is 9.59 Å². The summed E-state index contributed by atoms with van der Waals surface area (Å²) in [4.78, 5) is 22.8. The summed E-state index contributed by atoms with van der Waals surface area (Å²) in [6.07, 6.45) is 0. The van der Waals surface area contributed by atoms with Crippen LogP contribution in [0.5, 0.6) is 5.75 Å². The molecule has 1 rings (SSSR count). The van der Waals surface area contributed by atoms with Crippen molar-refractivity contribution in [2.24, 2.45) is 0 Å². The molecule has 1 aromatic rings. The van der Waals surface area contributed by atoms with Gasteiger partial charge in [0.2, 0.25) is 5.91 Å². The second-order valence-corrected chi connectivity index (χ2v) is 4.79. The molecular formula is C13H18N2O4S. The van der Waals surface area contributed by atoms with Crippen LogP contribution in [0.25, 0.3) is 0 Å². The first-order valence-electron chi connectivity index (χ1n) is 6.03. The van der Waals surface area contributed by atoms with E-state index in [0.29, 0.717) is 23.7 Å². The Morgan fingerprint density at radius 1 is 1.35 bits per heavy atom. The van der Waals surface area contributed by atoms with Crippen molar-refractivity contribution in [1.82, 2.24) is 0 Å². The predicted molar refractivity (Wildman–Crippen MR) is 80.0 cm³/mol. The van der Waals surface area contributed by atoms with E-state index >= 15 is 0 Å². The van der Waals surface area contributed by atoms with Gasteiger partial charge in [-0.25, -0.2) is 0 Å². The van der Waals surface area contributed by atoms with Crippen molar-refractivity contribution in [2.75, 3.05) is 36.3 Å². The molecular weight excluding hydrogens is 280 g/mol. The summed E-state index contributed by atoms with van der Waals surface area (Å²) in [6, 6.07) is 4.97. The number of thioether (sulfide) groups is 1. The molecule has 1 aromatic carbocycles. The molecule has 0 saturated heterocycles. The zero-order valence-corrected chi connectivity index (χ0v) is 12.3. The number of amides is 1. The third-order valence-electron chi connectivity index (χ3n) is 2.26. The zero-order chi connectivity index (χ0) is 15.0. The van der Waals surface area contributed by atoms with Crippen molar-refractivity contribution < 1.29 is 19.1 Å². The first-order chi connectivity index (χ1) is 9.56. The number of anilines is 2. The number of nitrogens with one attached hydrogen (secondary N) is 1. The Morgan fingerprint density at radius 2 is 2.10 bits per heavy atom. The van der Waals surface area contributed by atoms with Crippen molar-refractivity contribution in [3.8, 4) is 5.75 Å². The molecule has 0 spiro atoms. The lowest BCUT2D eigenvalue weighted by atomic mass is 10.2. The summed E-state index contributed by atoms with van der Waals surface area (Å²) in [7, 11) is 1.50. The van der Waals surface area contributed by atoms with Gasteiger partial charge < -0.3 is 20.5 Å². The number of methoxy groups -OCH3 is 1. The molecule has 6 nitrogen and oxygen atoms in total. The van der Waals surface area contributed by atoms with Crippen LogP contribution in [0.15, 0.2) is 18.2 Å². The average Bonchev–Trinajstić information content (AvgIpc) is 2.41. The van der Waals surface area contributed by atoms with Gasteiger partial charge in [0.05, 0.1) is 30.9 Å². The number of ether oxygens (including phenoxy) is 2. The lowest BCUT2D eigenvalue weighted by Gasteiger charge is -2.10. The highest BCUT2D eigenvalue weighted by atomic mass is 32.2. The van der Waals surface area contributed by atoms with Crippen molar-refractivity contribution in [3.63, 3.8) is 0 Å². The lowest BCUT2D eigenvalue weighted by molar-refractivity contribution is -0.139. The number of hydrogen-bond acceptors (Lipinski definition) is 6. The third kappa shape index (κ3) is 5.40. The van der Waals surface area contributed by atoms with Crippen molar-refractivity contribution in [3.05, 3.63) is 18.2 Å². The SMILES string of the molecule is CCOC(=O)CSCC(=O)Nc1ccc(N)cc1OC. The van der Waals surface area contributed by atoms with Crippen LogP contribution >= 0.6 is 11.8 Å². The Bertz CT molecular complexity index is 479. The molecule has 0 radical (unpaired) electrons. The Kier molecular flexibility index (Phi) is 6.72. The third-order valence-corrected chi connectivity index (χ3v) is 3.16. The Balaban J connectivity index is 2.44. The van der Waals surface area contributed by atoms with Crippen molar-refractivity contribution in [2.45, 2.75) is 6.92 Å². The van der Waals surface area contributed by atoms with Gasteiger partial charge >= 0.3 is 5.97 Å². The maximum Gasteiger partial charge on any atom is 0.315 e. The van der Waals surface area contributed by atoms with Crippen LogP contribution in [0.2, 0.25) is 0 Å². The average molecular weight is 298 g/mol. The lowest BCUT2D eigenvalue weighted by Crippen LogP contribution is -2.16. The van der Waals surface area contributed by atoms with Gasteiger partial charge in [0.25, 0.3) is 0 Å². The Labute approximate surface area is 122 Å². The van der Waals surface area contributed by atoms with Gasteiger partial charge in [-0.2, -0.15) is 0 Å². The minimum absolute atomic E-state index is 0.153. The molecule has 3 N–H and O–H groups in total. The van der Waals surface area contributed by atoms with Gasteiger partial charge in [0.1, 0.15) is 5.75 Å². The smallest absolute Gasteiger partial charge is 0.315 e. The summed E-state index contributed by atoms with van der Waals surface area (Å²) >= 11 is 1.19. The second kappa shape index (κ2) is 8.31. The van der Waals surface area contributed by atoms with E-state index in [0.717, 1.165) is 0 Å². The van der Waals surface area contributed by atoms with Crippen LogP contribution in [-0.2, 0) is 14.3 Å². The highest BCUT2D eigenvalue weighted by molar-refractivity contribution is 8.00. The van der Waals surface area contributed by atoms with Gasteiger partial charge in [-0.15, -0.1) is 11.8 Å². The minimum atomic E-state index is -0.324. The maximum atomic E-state index is 11.7. The van der Waals surface area contributed by atoms with E-state index < -0.39 is 0 Å². The highest BCUT2D eigenvalue weighted by Gasteiger charge is 2.09. The van der Waals surface area contributed by atoms with E-state index in [-0.39, 0.29) is 23.4 Å². The topological polar surface area (TPSA) is 90.7 Å². The largest absolute Gasteiger partial charge is 0.494 e. The molecule has 7 heteroatoms. The number of esters is 1. The van der Waals surface area contributed by atoms with Crippen LogP contribution in [-0.4, -0.2) is 37.1 Å². The number of carbonyl (C=O) groups is 2. The number of nitrogen functional groups attached to an aromatic ring is 1. The highest BCUT2D eigenvalue weighted by Crippen LogP contribution is 2.26. The quantitative estimate of drug-likeness (QED) is 0.586. The normalized spacial score (nSPS) is 9.90. The molecule has 110 valence electrons. The summed E-state index contributed by atoms with van der Waals surface area (Å²) in [5.41, 5.74) is 6.72. The molecule has 1 amide bonds. The molecule has 0 aliphatic heterocycles. The summed E-state index contributed by atoms with van der Waals surface area (Å²) in [5, 5.41) is 2.70. The van der Waals surface area contributed by atoms with Gasteiger partial charge in [-0.1, -0.05) is 0 Å². The molecule has 0 atom stereocenters. The molecule has 0 aromatic heterocycles. The standard InChI is InChI=1S/C13H18N2O4S/c1-3-19-13(17)8-20-7-12(16)15-10-5-4-9(14)6-11(10)18-2/h4-6H,3,7-8,14H2,1-2H3,(H,15,16). The van der Waals surface area contributed by atoms with Crippen LogP contribution in [0, 0.1) is 0 Å². The number of nitrogens with two attached hydrogens (primary N) is 1. The van der Waals surface area contributed by atoms with E-state index in [1.807, 2.05) is 0 Å². The fraction of sp³-hybridized carbons (Fsp3) is 0.385. The van der Waals surface area contributed by atoms with Gasteiger partial charge in [-0.3, -0.25) is 9.59 Å². The molecule has 20 heavy (non-hydrogen) atoms. The minimum Gasteiger partial charge on any atom is -0.494 e. The second-order valence-electron chi connectivity index (χ2n) is 3.81. The monoisotopic (exact) mass is 298 g/mol. The molecule has 0 bridgehead atoms. The van der Waals surface area contributed by atoms with E-state index in [1.54, 1.807) is 25.1 Å². The molecule has 0 aliphatic carbocycles. The van der Waals surface area contributed by atoms with Gasteiger partial charge in [0.15, 0.2) is 0 Å². The molecule has 0 heterocycles. The summed E-state index contributed by atoms with van der Waals surface area (Å²) in [6.45, 7) is 2.08. The summed E-state index contributed by atoms with van der Waals surface area (Å²) in [5.74, 6) is 0.262. The number of carbonyl (C=O) groups excluding carboxylic acids is 2. The predicted octanol–water partition coefficient (Wildman–Crippen LogP) is 1.51. The first kappa shape index (κ1) is 16.2. The van der Waals surface area contributed by atoms with Crippen LogP contribution < -0.4 is 15.8 Å². The van der Waals surface area contributed by atoms with Crippen LogP contribution in [0.4, 0.5) is 11.4 Å². The van der Waals surface area contributed by atoms with E-state index in [4.69, 9.17) is 15.2 Å². The number of hydrogen-bond donors (Lipinski definition) is 2. The van der Waals surface area contributed by atoms with E-state index in [1.165, 1.54) is 18.9 Å². The van der Waals surface area contributed by atoms with Gasteiger partial charge in [0, 0.05) is 11.8 Å². The molecule has 0 aliphatic rings. The van der Waals surface area contributed by atoms with Crippen LogP contribution in [0.1, 0.15) is 6.92 Å². The van der Waals surface area contributed by atoms with E-state index in [2.05, 4.69) is 5.32 Å². The first-order valence-corrected chi connectivity index (χ1v) is 7.19. The van der Waals surface area contributed by atoms with Crippen molar-refractivity contribution in [1.29, 1.82) is 0 Å². The van der Waals surface area contributed by atoms with Gasteiger partial charge in [-0.05, 0) is 19.1 Å². The Hall–Kier alpha value is -1.89. The molecule has 0 unspecified atom stereocenters. The number of rotatable bonds is 7. The van der Waals surface area contributed by atoms with Crippen molar-refractivity contribution >= 4 is 35.0 Å². The molecule has 0 fully saturated rings. The molecule has 0 saturated carbocycles. The van der Waals surface area contributed by atoms with Crippen LogP contribution in [0.3, 0.4) is 0 Å². The fourth-order valence-corrected chi connectivity index (χ4v) is 2.04. The maximum absolute atomic E-state index is 11.7.